The van der Waals surface area contributed by atoms with Crippen molar-refractivity contribution < 1.29 is 9.85 Å². The topological polar surface area (TPSA) is 102 Å². The standard InChI is InChI=1S/C13H18N4O4/c1-15-8-2-3-10(15)6-7-14-12-5-4-11(16(18)19)9-13(12)17(20)21/h4-5,9-10,14H,2-3,6-8H2,1H3. The monoisotopic (exact) mass is 294 g/mol. The number of hydrogen-bond acceptors (Lipinski definition) is 6. The fraction of sp³-hybridized carbons (Fsp3) is 0.538. The summed E-state index contributed by atoms with van der Waals surface area (Å²) in [6.45, 7) is 1.69. The first kappa shape index (κ1) is 15.2. The summed E-state index contributed by atoms with van der Waals surface area (Å²) in [5.74, 6) is 0. The van der Waals surface area contributed by atoms with E-state index in [0.29, 0.717) is 18.3 Å². The quantitative estimate of drug-likeness (QED) is 0.638. The minimum atomic E-state index is -0.635. The van der Waals surface area contributed by atoms with Crippen LogP contribution >= 0.6 is 0 Å². The van der Waals surface area contributed by atoms with E-state index < -0.39 is 9.85 Å². The van der Waals surface area contributed by atoms with Gasteiger partial charge in [-0.3, -0.25) is 20.2 Å². The van der Waals surface area contributed by atoms with Crippen LogP contribution in [0.1, 0.15) is 19.3 Å². The van der Waals surface area contributed by atoms with Crippen molar-refractivity contribution in [2.75, 3.05) is 25.5 Å². The zero-order valence-corrected chi connectivity index (χ0v) is 11.8. The fourth-order valence-corrected chi connectivity index (χ4v) is 2.65. The maximum atomic E-state index is 11.0. The summed E-state index contributed by atoms with van der Waals surface area (Å²) in [4.78, 5) is 22.7. The number of nitrogens with one attached hydrogen (secondary N) is 1. The Bertz CT molecular complexity index is 549. The predicted molar refractivity (Wildman–Crippen MR) is 78.5 cm³/mol. The molecule has 8 heteroatoms. The lowest BCUT2D eigenvalue weighted by molar-refractivity contribution is -0.393. The average Bonchev–Trinajstić information content (AvgIpc) is 2.84. The molecule has 0 aliphatic carbocycles. The Labute approximate surface area is 122 Å². The number of nitro benzene ring substituents is 2. The summed E-state index contributed by atoms with van der Waals surface area (Å²) in [6.07, 6.45) is 3.21. The molecule has 21 heavy (non-hydrogen) atoms. The lowest BCUT2D eigenvalue weighted by Gasteiger charge is -2.19. The molecule has 1 aliphatic rings. The van der Waals surface area contributed by atoms with E-state index >= 15 is 0 Å². The van der Waals surface area contributed by atoms with Crippen LogP contribution in [-0.2, 0) is 0 Å². The van der Waals surface area contributed by atoms with Crippen LogP contribution in [0.5, 0.6) is 0 Å². The van der Waals surface area contributed by atoms with Crippen molar-refractivity contribution >= 4 is 17.1 Å². The van der Waals surface area contributed by atoms with Crippen LogP contribution in [0.3, 0.4) is 0 Å². The molecule has 0 bridgehead atoms. The first-order chi connectivity index (χ1) is 9.99. The second-order valence-corrected chi connectivity index (χ2v) is 5.21. The predicted octanol–water partition coefficient (Wildman–Crippen LogP) is 2.40. The Morgan fingerprint density at radius 1 is 1.33 bits per heavy atom. The highest BCUT2D eigenvalue weighted by atomic mass is 16.6. The number of nitro groups is 2. The summed E-state index contributed by atoms with van der Waals surface area (Å²) in [7, 11) is 2.08. The molecule has 1 aromatic rings. The molecular formula is C13H18N4O4. The van der Waals surface area contributed by atoms with Gasteiger partial charge in [0.2, 0.25) is 0 Å². The van der Waals surface area contributed by atoms with Crippen LogP contribution in [0.4, 0.5) is 17.1 Å². The van der Waals surface area contributed by atoms with Crippen molar-refractivity contribution in [2.24, 2.45) is 0 Å². The molecule has 0 saturated carbocycles. The van der Waals surface area contributed by atoms with E-state index in [9.17, 15) is 20.2 Å². The number of rotatable bonds is 6. The number of nitrogens with zero attached hydrogens (tertiary/aromatic N) is 3. The van der Waals surface area contributed by atoms with Gasteiger partial charge in [-0.15, -0.1) is 0 Å². The van der Waals surface area contributed by atoms with Gasteiger partial charge >= 0.3 is 0 Å². The molecule has 1 aliphatic heterocycles. The Morgan fingerprint density at radius 2 is 2.10 bits per heavy atom. The highest BCUT2D eigenvalue weighted by Crippen LogP contribution is 2.29. The summed E-state index contributed by atoms with van der Waals surface area (Å²) in [5.41, 5.74) is -0.210. The van der Waals surface area contributed by atoms with Gasteiger partial charge in [-0.2, -0.15) is 0 Å². The third-order valence-electron chi connectivity index (χ3n) is 3.85. The maximum Gasteiger partial charge on any atom is 0.299 e. The van der Waals surface area contributed by atoms with E-state index in [1.54, 1.807) is 0 Å². The van der Waals surface area contributed by atoms with Crippen molar-refractivity contribution in [3.63, 3.8) is 0 Å². The second-order valence-electron chi connectivity index (χ2n) is 5.21. The number of benzene rings is 1. The van der Waals surface area contributed by atoms with Crippen LogP contribution in [-0.4, -0.2) is 40.9 Å². The van der Waals surface area contributed by atoms with Crippen molar-refractivity contribution in [3.8, 4) is 0 Å². The highest BCUT2D eigenvalue weighted by Gasteiger charge is 2.22. The summed E-state index contributed by atoms with van der Waals surface area (Å²) < 4.78 is 0. The molecule has 1 atom stereocenters. The molecule has 114 valence electrons. The van der Waals surface area contributed by atoms with Gasteiger partial charge in [0.25, 0.3) is 11.4 Å². The van der Waals surface area contributed by atoms with Gasteiger partial charge < -0.3 is 10.2 Å². The minimum absolute atomic E-state index is 0.260. The molecule has 1 unspecified atom stereocenters. The van der Waals surface area contributed by atoms with E-state index in [0.717, 1.165) is 25.5 Å². The average molecular weight is 294 g/mol. The van der Waals surface area contributed by atoms with Gasteiger partial charge in [0.05, 0.1) is 15.9 Å². The van der Waals surface area contributed by atoms with E-state index in [2.05, 4.69) is 17.3 Å². The molecule has 0 aromatic heterocycles. The third-order valence-corrected chi connectivity index (χ3v) is 3.85. The second kappa shape index (κ2) is 6.49. The van der Waals surface area contributed by atoms with E-state index in [1.807, 2.05) is 0 Å². The van der Waals surface area contributed by atoms with Crippen LogP contribution in [0.15, 0.2) is 18.2 Å². The van der Waals surface area contributed by atoms with Gasteiger partial charge in [-0.25, -0.2) is 0 Å². The first-order valence-electron chi connectivity index (χ1n) is 6.86. The molecule has 0 spiro atoms. The molecule has 2 rings (SSSR count). The summed E-state index contributed by atoms with van der Waals surface area (Å²) in [6, 6.07) is 4.16. The van der Waals surface area contributed by atoms with Crippen LogP contribution in [0, 0.1) is 20.2 Å². The van der Waals surface area contributed by atoms with Crippen LogP contribution < -0.4 is 5.32 Å². The summed E-state index contributed by atoms with van der Waals surface area (Å²) >= 11 is 0. The molecule has 1 saturated heterocycles. The lowest BCUT2D eigenvalue weighted by atomic mass is 10.1. The third kappa shape index (κ3) is 3.66. The highest BCUT2D eigenvalue weighted by molar-refractivity contribution is 5.65. The van der Waals surface area contributed by atoms with Crippen molar-refractivity contribution in [1.82, 2.24) is 4.90 Å². The molecule has 1 N–H and O–H groups in total. The Morgan fingerprint density at radius 3 is 2.67 bits per heavy atom. The molecule has 0 amide bonds. The van der Waals surface area contributed by atoms with Crippen molar-refractivity contribution in [2.45, 2.75) is 25.3 Å². The number of hydrogen-bond donors (Lipinski definition) is 1. The number of anilines is 1. The normalized spacial score (nSPS) is 18.6. The van der Waals surface area contributed by atoms with E-state index in [4.69, 9.17) is 0 Å². The molecular weight excluding hydrogens is 276 g/mol. The van der Waals surface area contributed by atoms with Gasteiger partial charge in [0.15, 0.2) is 0 Å². The fourth-order valence-electron chi connectivity index (χ4n) is 2.65. The SMILES string of the molecule is CN1CCCC1CCNc1ccc([N+](=O)[O-])cc1[N+](=O)[O-]. The summed E-state index contributed by atoms with van der Waals surface area (Å²) in [5, 5.41) is 24.7. The van der Waals surface area contributed by atoms with Crippen molar-refractivity contribution in [1.29, 1.82) is 0 Å². The van der Waals surface area contributed by atoms with Gasteiger partial charge in [0, 0.05) is 18.7 Å². The number of likely N-dealkylation sites (tertiary alicyclic amines) is 1. The Kier molecular flexibility index (Phi) is 4.69. The Balaban J connectivity index is 2.02. The van der Waals surface area contributed by atoms with Crippen LogP contribution in [0.25, 0.3) is 0 Å². The van der Waals surface area contributed by atoms with Crippen LogP contribution in [0.2, 0.25) is 0 Å². The van der Waals surface area contributed by atoms with Gasteiger partial charge in [-0.05, 0) is 38.9 Å². The Hall–Kier alpha value is -2.22. The smallest absolute Gasteiger partial charge is 0.299 e. The zero-order chi connectivity index (χ0) is 15.4. The van der Waals surface area contributed by atoms with E-state index in [1.165, 1.54) is 18.6 Å². The van der Waals surface area contributed by atoms with Gasteiger partial charge in [-0.1, -0.05) is 0 Å². The largest absolute Gasteiger partial charge is 0.379 e. The van der Waals surface area contributed by atoms with Crippen molar-refractivity contribution in [3.05, 3.63) is 38.4 Å². The first-order valence-corrected chi connectivity index (χ1v) is 6.86. The van der Waals surface area contributed by atoms with Gasteiger partial charge in [0.1, 0.15) is 5.69 Å². The molecule has 1 aromatic carbocycles. The molecule has 0 radical (unpaired) electrons. The molecule has 8 nitrogen and oxygen atoms in total. The zero-order valence-electron chi connectivity index (χ0n) is 11.8. The maximum absolute atomic E-state index is 11.0. The lowest BCUT2D eigenvalue weighted by Crippen LogP contribution is -2.27. The molecule has 1 fully saturated rings. The minimum Gasteiger partial charge on any atom is -0.379 e. The van der Waals surface area contributed by atoms with E-state index in [-0.39, 0.29) is 11.4 Å². The molecule has 1 heterocycles. The number of non-ortho nitro benzene ring substituents is 1.